The predicted octanol–water partition coefficient (Wildman–Crippen LogP) is 4.05. The van der Waals surface area contributed by atoms with Gasteiger partial charge in [0, 0.05) is 38.6 Å². The zero-order valence-corrected chi connectivity index (χ0v) is 22.6. The molecule has 2 aromatic rings. The van der Waals surface area contributed by atoms with Crippen LogP contribution in [-0.2, 0) is 23.6 Å². The van der Waals surface area contributed by atoms with Gasteiger partial charge in [-0.05, 0) is 18.1 Å². The summed E-state index contributed by atoms with van der Waals surface area (Å²) in [6.45, 7) is 1.79. The average Bonchev–Trinajstić information content (AvgIpc) is 2.58. The number of aryl methyl sites for hydroxylation is 1. The van der Waals surface area contributed by atoms with E-state index >= 15 is 0 Å². The van der Waals surface area contributed by atoms with Gasteiger partial charge >= 0.3 is 49.4 Å². The van der Waals surface area contributed by atoms with Crippen molar-refractivity contribution in [2.45, 2.75) is 19.5 Å². The Hall–Kier alpha value is 0.884. The summed E-state index contributed by atoms with van der Waals surface area (Å²) in [5, 5.41) is 0.743. The van der Waals surface area contributed by atoms with Crippen LogP contribution >= 0.6 is 74.3 Å². The fourth-order valence-corrected chi connectivity index (χ4v) is 1.74. The van der Waals surface area contributed by atoms with Crippen LogP contribution in [0.25, 0.3) is 0 Å². The Morgan fingerprint density at radius 3 is 1.72 bits per heavy atom. The van der Waals surface area contributed by atoms with E-state index in [0.29, 0.717) is 9.47 Å². The summed E-state index contributed by atoms with van der Waals surface area (Å²) in [5.74, 6) is 0.738. The van der Waals surface area contributed by atoms with Crippen LogP contribution in [-0.4, -0.2) is 30.3 Å². The number of nitrogens with zero attached hydrogens (tertiary/aromatic N) is 4. The van der Waals surface area contributed by atoms with Crippen LogP contribution in [0.1, 0.15) is 13.3 Å². The van der Waals surface area contributed by atoms with Gasteiger partial charge in [0.25, 0.3) is 11.1 Å². The SMILES string of the molecule is C.CI.CSc1nccc(=O)n1C.Cc1nccc(=O)n1C.[I][V][I]. The Morgan fingerprint density at radius 1 is 1.00 bits per heavy atom. The fraction of sp³-hybridized carbons (Fsp3) is 0.429. The maximum absolute atomic E-state index is 10.9. The van der Waals surface area contributed by atoms with Gasteiger partial charge in [-0.1, -0.05) is 41.8 Å². The summed E-state index contributed by atoms with van der Waals surface area (Å²) in [4.78, 5) is 31.5. The second-order valence-electron chi connectivity index (χ2n) is 3.78. The molecular weight excluding hydrogens is 720 g/mol. The van der Waals surface area contributed by atoms with E-state index < -0.39 is 0 Å². The molecule has 0 aliphatic rings. The molecule has 6 nitrogen and oxygen atoms in total. The molecule has 2 rings (SSSR count). The van der Waals surface area contributed by atoms with Crippen LogP contribution in [0.3, 0.4) is 0 Å². The topological polar surface area (TPSA) is 69.8 Å². The molecule has 2 aromatic heterocycles. The first kappa shape index (κ1) is 30.6. The van der Waals surface area contributed by atoms with Gasteiger partial charge in [-0.15, -0.1) is 0 Å². The molecule has 0 radical (unpaired) electrons. The first-order chi connectivity index (χ1) is 11.4. The molecule has 0 aliphatic carbocycles. The molecular formula is C14H23I3N4O2SV. The molecule has 2 heterocycles. The van der Waals surface area contributed by atoms with E-state index in [9.17, 15) is 9.59 Å². The zero-order valence-electron chi connectivity index (χ0n) is 13.9. The quantitative estimate of drug-likeness (QED) is 0.191. The molecule has 0 amide bonds. The molecule has 25 heavy (non-hydrogen) atoms. The Morgan fingerprint density at radius 2 is 1.40 bits per heavy atom. The zero-order chi connectivity index (χ0) is 19.1. The van der Waals surface area contributed by atoms with Crippen molar-refractivity contribution in [3.8, 4) is 0 Å². The third-order valence-corrected chi connectivity index (χ3v) is 3.24. The molecule has 0 atom stereocenters. The van der Waals surface area contributed by atoms with E-state index in [-0.39, 0.29) is 18.5 Å². The molecule has 0 spiro atoms. The van der Waals surface area contributed by atoms with E-state index in [4.69, 9.17) is 0 Å². The van der Waals surface area contributed by atoms with Crippen LogP contribution in [0.15, 0.2) is 39.3 Å². The van der Waals surface area contributed by atoms with Crippen molar-refractivity contribution in [2.75, 3.05) is 11.2 Å². The van der Waals surface area contributed by atoms with Crippen LogP contribution in [0.5, 0.6) is 0 Å². The first-order valence-electron chi connectivity index (χ1n) is 6.23. The fourth-order valence-electron chi connectivity index (χ4n) is 1.21. The number of thioether (sulfide) groups is 1. The first-order valence-corrected chi connectivity index (χ1v) is 18.6. The van der Waals surface area contributed by atoms with Gasteiger partial charge in [0.2, 0.25) is 0 Å². The van der Waals surface area contributed by atoms with E-state index in [1.807, 2.05) is 11.2 Å². The van der Waals surface area contributed by atoms with Gasteiger partial charge < -0.3 is 4.57 Å². The minimum atomic E-state index is -0.0145. The van der Waals surface area contributed by atoms with Gasteiger partial charge in [-0.25, -0.2) is 9.97 Å². The van der Waals surface area contributed by atoms with Crippen molar-refractivity contribution in [1.82, 2.24) is 19.1 Å². The van der Waals surface area contributed by atoms with Crippen LogP contribution in [0.2, 0.25) is 0 Å². The van der Waals surface area contributed by atoms with Gasteiger partial charge in [-0.2, -0.15) is 0 Å². The van der Waals surface area contributed by atoms with Crippen LogP contribution in [0, 0.1) is 6.92 Å². The van der Waals surface area contributed by atoms with Crippen molar-refractivity contribution in [3.05, 3.63) is 51.1 Å². The monoisotopic (exact) mass is 743 g/mol. The molecule has 0 N–H and O–H groups in total. The van der Waals surface area contributed by atoms with Crippen LogP contribution in [0.4, 0.5) is 0 Å². The van der Waals surface area contributed by atoms with Crippen molar-refractivity contribution in [2.24, 2.45) is 14.1 Å². The van der Waals surface area contributed by atoms with Crippen molar-refractivity contribution in [3.63, 3.8) is 0 Å². The Labute approximate surface area is 196 Å². The van der Waals surface area contributed by atoms with Crippen LogP contribution < -0.4 is 11.1 Å². The predicted molar refractivity (Wildman–Crippen MR) is 130 cm³/mol. The number of alkyl halides is 1. The van der Waals surface area contributed by atoms with Gasteiger partial charge in [-0.3, -0.25) is 14.2 Å². The van der Waals surface area contributed by atoms with E-state index in [1.54, 1.807) is 21.0 Å². The number of hydrogen-bond donors (Lipinski definition) is 0. The van der Waals surface area contributed by atoms with E-state index in [2.05, 4.69) is 72.5 Å². The summed E-state index contributed by atoms with van der Waals surface area (Å²) < 4.78 is 3.02. The molecule has 143 valence electrons. The Kier molecular flexibility index (Phi) is 24.0. The molecule has 0 saturated carbocycles. The molecule has 0 aromatic carbocycles. The second kappa shape index (κ2) is 19.6. The van der Waals surface area contributed by atoms with Crippen molar-refractivity contribution < 1.29 is 9.47 Å². The van der Waals surface area contributed by atoms with Gasteiger partial charge in [0.1, 0.15) is 5.82 Å². The average molecular weight is 743 g/mol. The third kappa shape index (κ3) is 13.7. The molecule has 0 fully saturated rings. The standard InChI is InChI=1S/C6H8N2OS.C6H8N2O.CH3I.CH4.2HI.V/c1-8-5(9)3-4-7-6(8)10-2;1-5-7-4-3-6(9)8(5)2;1-2;;;;/h3-4H,1-2H3;3-4H,1-2H3;1H3;1H4;2*1H;/q;;;;;;+2/p-2. The van der Waals surface area contributed by atoms with Gasteiger partial charge in [0.15, 0.2) is 5.16 Å². The number of aromatic nitrogens is 4. The molecule has 0 bridgehead atoms. The normalized spacial score (nSPS) is 8.16. The number of rotatable bonds is 1. The van der Waals surface area contributed by atoms with Gasteiger partial charge in [0.05, 0.1) is 0 Å². The minimum absolute atomic E-state index is 0. The molecule has 0 saturated heterocycles. The summed E-state index contributed by atoms with van der Waals surface area (Å²) in [5.41, 5.74) is -0.0261. The molecule has 0 aliphatic heterocycles. The second-order valence-corrected chi connectivity index (χ2v) is 16.3. The molecule has 11 heteroatoms. The van der Waals surface area contributed by atoms with Crippen molar-refractivity contribution >= 4 is 74.3 Å². The van der Waals surface area contributed by atoms with Crippen molar-refractivity contribution in [1.29, 1.82) is 0 Å². The molecule has 0 unspecified atom stereocenters. The third-order valence-electron chi connectivity index (χ3n) is 2.50. The summed E-state index contributed by atoms with van der Waals surface area (Å²) >= 11 is 8.35. The number of hydrogen-bond acceptors (Lipinski definition) is 5. The van der Waals surface area contributed by atoms with E-state index in [1.165, 1.54) is 45.4 Å². The Balaban J connectivity index is -0.000000300. The summed E-state index contributed by atoms with van der Waals surface area (Å²) in [6, 6.07) is 2.88. The maximum atomic E-state index is 10.9. The summed E-state index contributed by atoms with van der Waals surface area (Å²) in [7, 11) is 4.04. The summed E-state index contributed by atoms with van der Waals surface area (Å²) in [6.07, 6.45) is 4.92. The number of halogens is 3. The van der Waals surface area contributed by atoms with E-state index in [0.717, 1.165) is 11.0 Å². The Bertz CT molecular complexity index is 698.